The molecule has 0 aliphatic heterocycles. The molecule has 1 aliphatic carbocycles. The van der Waals surface area contributed by atoms with Crippen molar-refractivity contribution in [3.8, 4) is 0 Å². The SMILES string of the molecule is O=C[C@H]1CC[C@H](n2cc3cc(NC(=O)c4cccc(C(F)(F)F)n4)c(Cl)cc3n2)CC1. The molecule has 4 rings (SSSR count). The fourth-order valence-electron chi connectivity index (χ4n) is 3.76. The Kier molecular flexibility index (Phi) is 5.70. The van der Waals surface area contributed by atoms with Crippen molar-refractivity contribution in [3.05, 3.63) is 52.9 Å². The Morgan fingerprint density at radius 2 is 1.94 bits per heavy atom. The third kappa shape index (κ3) is 4.56. The van der Waals surface area contributed by atoms with E-state index in [4.69, 9.17) is 11.6 Å². The van der Waals surface area contributed by atoms with Crippen LogP contribution in [0.1, 0.15) is 47.9 Å². The van der Waals surface area contributed by atoms with Gasteiger partial charge in [-0.05, 0) is 49.9 Å². The molecule has 0 atom stereocenters. The van der Waals surface area contributed by atoms with Crippen molar-refractivity contribution in [3.63, 3.8) is 0 Å². The van der Waals surface area contributed by atoms with Crippen LogP contribution in [0.3, 0.4) is 0 Å². The molecule has 0 radical (unpaired) electrons. The molecule has 10 heteroatoms. The second-order valence-corrected chi connectivity index (χ2v) is 7.97. The molecule has 1 N–H and O–H groups in total. The summed E-state index contributed by atoms with van der Waals surface area (Å²) in [6.07, 6.45) is 1.52. The number of anilines is 1. The zero-order chi connectivity index (χ0) is 22.2. The van der Waals surface area contributed by atoms with Crippen LogP contribution in [0.5, 0.6) is 0 Å². The molecule has 0 unspecified atom stereocenters. The van der Waals surface area contributed by atoms with Crippen molar-refractivity contribution in [2.75, 3.05) is 5.32 Å². The number of rotatable bonds is 4. The van der Waals surface area contributed by atoms with Crippen molar-refractivity contribution in [1.82, 2.24) is 14.8 Å². The van der Waals surface area contributed by atoms with Gasteiger partial charge in [0.15, 0.2) is 0 Å². The molecule has 1 saturated carbocycles. The van der Waals surface area contributed by atoms with Gasteiger partial charge in [0.1, 0.15) is 17.7 Å². The van der Waals surface area contributed by atoms with Gasteiger partial charge in [0.2, 0.25) is 0 Å². The number of aromatic nitrogens is 3. The van der Waals surface area contributed by atoms with Crippen LogP contribution >= 0.6 is 11.6 Å². The van der Waals surface area contributed by atoms with Gasteiger partial charge in [-0.25, -0.2) is 4.98 Å². The number of carbonyl (C=O) groups excluding carboxylic acids is 2. The smallest absolute Gasteiger partial charge is 0.319 e. The van der Waals surface area contributed by atoms with Gasteiger partial charge < -0.3 is 10.1 Å². The van der Waals surface area contributed by atoms with Crippen LogP contribution in [0, 0.1) is 5.92 Å². The minimum atomic E-state index is -4.65. The molecule has 0 spiro atoms. The van der Waals surface area contributed by atoms with E-state index in [-0.39, 0.29) is 28.4 Å². The first-order valence-corrected chi connectivity index (χ1v) is 10.1. The predicted octanol–water partition coefficient (Wildman–Crippen LogP) is 5.29. The van der Waals surface area contributed by atoms with E-state index in [1.54, 1.807) is 12.1 Å². The van der Waals surface area contributed by atoms with Gasteiger partial charge in [-0.2, -0.15) is 18.3 Å². The number of nitrogens with zero attached hydrogens (tertiary/aromatic N) is 3. The molecule has 0 bridgehead atoms. The second kappa shape index (κ2) is 8.30. The van der Waals surface area contributed by atoms with E-state index < -0.39 is 17.8 Å². The summed E-state index contributed by atoms with van der Waals surface area (Å²) in [5.41, 5.74) is -0.624. The van der Waals surface area contributed by atoms with Crippen LogP contribution in [0.25, 0.3) is 10.9 Å². The molecule has 1 aromatic carbocycles. The summed E-state index contributed by atoms with van der Waals surface area (Å²) in [5, 5.41) is 8.02. The number of amides is 1. The van der Waals surface area contributed by atoms with Crippen molar-refractivity contribution >= 4 is 40.4 Å². The molecule has 31 heavy (non-hydrogen) atoms. The maximum atomic E-state index is 12.9. The van der Waals surface area contributed by atoms with E-state index in [9.17, 15) is 22.8 Å². The zero-order valence-corrected chi connectivity index (χ0v) is 17.0. The number of pyridine rings is 1. The van der Waals surface area contributed by atoms with Gasteiger partial charge >= 0.3 is 6.18 Å². The average molecular weight is 451 g/mol. The quantitative estimate of drug-likeness (QED) is 0.548. The van der Waals surface area contributed by atoms with Gasteiger partial charge in [-0.1, -0.05) is 17.7 Å². The predicted molar refractivity (Wildman–Crippen MR) is 109 cm³/mol. The topological polar surface area (TPSA) is 76.9 Å². The number of nitrogens with one attached hydrogen (secondary N) is 1. The molecule has 3 aromatic rings. The van der Waals surface area contributed by atoms with Gasteiger partial charge in [0.25, 0.3) is 5.91 Å². The van der Waals surface area contributed by atoms with Gasteiger partial charge in [0, 0.05) is 17.5 Å². The summed E-state index contributed by atoms with van der Waals surface area (Å²) in [5.74, 6) is -0.700. The molecular weight excluding hydrogens is 433 g/mol. The molecule has 2 aromatic heterocycles. The van der Waals surface area contributed by atoms with E-state index >= 15 is 0 Å². The minimum Gasteiger partial charge on any atom is -0.319 e. The second-order valence-electron chi connectivity index (χ2n) is 7.56. The number of hydrogen-bond acceptors (Lipinski definition) is 4. The molecule has 162 valence electrons. The summed E-state index contributed by atoms with van der Waals surface area (Å²) in [4.78, 5) is 26.8. The number of alkyl halides is 3. The summed E-state index contributed by atoms with van der Waals surface area (Å²) in [6, 6.07) is 6.52. The molecule has 1 fully saturated rings. The Labute approximate surface area is 180 Å². The highest BCUT2D eigenvalue weighted by Gasteiger charge is 2.33. The number of carbonyl (C=O) groups is 2. The highest BCUT2D eigenvalue weighted by atomic mass is 35.5. The van der Waals surface area contributed by atoms with Crippen molar-refractivity contribution in [2.24, 2.45) is 5.92 Å². The Morgan fingerprint density at radius 1 is 1.19 bits per heavy atom. The fourth-order valence-corrected chi connectivity index (χ4v) is 3.96. The first-order valence-electron chi connectivity index (χ1n) is 9.74. The van der Waals surface area contributed by atoms with Gasteiger partial charge in [-0.3, -0.25) is 9.48 Å². The largest absolute Gasteiger partial charge is 0.433 e. The van der Waals surface area contributed by atoms with Gasteiger partial charge in [-0.15, -0.1) is 0 Å². The monoisotopic (exact) mass is 450 g/mol. The normalized spacial score (nSPS) is 19.4. The Bertz CT molecular complexity index is 1140. The third-order valence-electron chi connectivity index (χ3n) is 5.44. The molecule has 2 heterocycles. The van der Waals surface area contributed by atoms with Crippen LogP contribution in [0.4, 0.5) is 18.9 Å². The van der Waals surface area contributed by atoms with Crippen molar-refractivity contribution in [2.45, 2.75) is 37.9 Å². The van der Waals surface area contributed by atoms with Gasteiger partial charge in [0.05, 0.1) is 22.3 Å². The number of fused-ring (bicyclic) bond motifs is 1. The number of benzene rings is 1. The highest BCUT2D eigenvalue weighted by Crippen LogP contribution is 2.34. The zero-order valence-electron chi connectivity index (χ0n) is 16.2. The Hall–Kier alpha value is -2.94. The van der Waals surface area contributed by atoms with Crippen molar-refractivity contribution in [1.29, 1.82) is 0 Å². The van der Waals surface area contributed by atoms with Crippen LogP contribution < -0.4 is 5.32 Å². The first-order chi connectivity index (χ1) is 14.7. The van der Waals surface area contributed by atoms with E-state index in [0.717, 1.165) is 49.5 Å². The summed E-state index contributed by atoms with van der Waals surface area (Å²) < 4.78 is 40.4. The standard InChI is InChI=1S/C21H18ClF3N4O2/c22-15-9-17-13(10-29(28-17)14-6-4-12(11-30)5-7-14)8-18(15)27-20(31)16-2-1-3-19(26-16)21(23,24)25/h1-3,8-12,14H,4-7H2,(H,27,31)/t12-,14-. The van der Waals surface area contributed by atoms with Crippen molar-refractivity contribution < 1.29 is 22.8 Å². The third-order valence-corrected chi connectivity index (χ3v) is 5.75. The minimum absolute atomic E-state index is 0.0990. The molecule has 1 aliphatic rings. The Morgan fingerprint density at radius 3 is 2.61 bits per heavy atom. The lowest BCUT2D eigenvalue weighted by Gasteiger charge is -2.25. The number of halogens is 4. The average Bonchev–Trinajstić information content (AvgIpc) is 3.16. The summed E-state index contributed by atoms with van der Waals surface area (Å²) in [7, 11) is 0. The van der Waals surface area contributed by atoms with E-state index in [2.05, 4.69) is 15.4 Å². The highest BCUT2D eigenvalue weighted by molar-refractivity contribution is 6.34. The summed E-state index contributed by atoms with van der Waals surface area (Å²) >= 11 is 6.27. The lowest BCUT2D eigenvalue weighted by molar-refractivity contribution is -0.141. The maximum absolute atomic E-state index is 12.9. The number of hydrogen-bond donors (Lipinski definition) is 1. The maximum Gasteiger partial charge on any atom is 0.433 e. The molecule has 6 nitrogen and oxygen atoms in total. The van der Waals surface area contributed by atoms with Crippen LogP contribution in [-0.2, 0) is 11.0 Å². The molecule has 1 amide bonds. The molecule has 0 saturated heterocycles. The lowest BCUT2D eigenvalue weighted by atomic mass is 9.87. The number of aldehydes is 1. The van der Waals surface area contributed by atoms with Crippen LogP contribution in [0.2, 0.25) is 5.02 Å². The summed E-state index contributed by atoms with van der Waals surface area (Å²) in [6.45, 7) is 0. The first kappa shape index (κ1) is 21.3. The van der Waals surface area contributed by atoms with Crippen LogP contribution in [0.15, 0.2) is 36.5 Å². The van der Waals surface area contributed by atoms with Crippen LogP contribution in [-0.4, -0.2) is 27.0 Å². The van der Waals surface area contributed by atoms with E-state index in [0.29, 0.717) is 5.52 Å². The van der Waals surface area contributed by atoms with E-state index in [1.165, 1.54) is 6.07 Å². The fraction of sp³-hybridized carbons (Fsp3) is 0.333. The molecular formula is C21H18ClF3N4O2. The van der Waals surface area contributed by atoms with E-state index in [1.807, 2.05) is 10.9 Å². The lowest BCUT2D eigenvalue weighted by Crippen LogP contribution is -2.19. The Balaban J connectivity index is 1.55.